The molecule has 228 valence electrons. The van der Waals surface area contributed by atoms with Crippen LogP contribution in [0.4, 0.5) is 4.79 Å². The number of aromatic hydroxyl groups is 2. The highest BCUT2D eigenvalue weighted by Gasteiger charge is 2.66. The molecule has 2 aromatic rings. The average molecular weight is 589 g/mol. The van der Waals surface area contributed by atoms with E-state index in [0.29, 0.717) is 48.3 Å². The molecular weight excluding hydrogens is 548 g/mol. The van der Waals surface area contributed by atoms with E-state index in [1.54, 1.807) is 12.1 Å². The molecule has 4 aliphatic carbocycles. The summed E-state index contributed by atoms with van der Waals surface area (Å²) in [5, 5.41) is 21.5. The van der Waals surface area contributed by atoms with Crippen LogP contribution in [0.25, 0.3) is 0 Å². The number of benzene rings is 2. The zero-order chi connectivity index (χ0) is 29.4. The molecule has 2 N–H and O–H groups in total. The summed E-state index contributed by atoms with van der Waals surface area (Å²) in [6.45, 7) is 0.944. The van der Waals surface area contributed by atoms with Crippen LogP contribution in [0, 0.1) is 11.8 Å². The van der Waals surface area contributed by atoms with Gasteiger partial charge in [-0.25, -0.2) is 4.79 Å². The van der Waals surface area contributed by atoms with E-state index in [0.717, 1.165) is 49.8 Å². The first-order valence-corrected chi connectivity index (χ1v) is 16.0. The SMILES string of the molecule is CN1CC[C@]23c4c5ccc(O)c4O[C@H]2[C@@H](OC(=O)O[C@H]2CC[C@@H]4C6c7c(ccc(O)c7O[C@H]62)C[C@H]4N(C)C)CC[C@H]3C1C5. The first-order chi connectivity index (χ1) is 20.8. The smallest absolute Gasteiger partial charge is 0.504 e. The second-order valence-corrected chi connectivity index (χ2v) is 14.3. The quantitative estimate of drug-likeness (QED) is 0.514. The van der Waals surface area contributed by atoms with Gasteiger partial charge >= 0.3 is 6.16 Å². The maximum atomic E-state index is 13.6. The van der Waals surface area contributed by atoms with Gasteiger partial charge in [0.15, 0.2) is 23.0 Å². The Hall–Kier alpha value is -3.17. The Labute approximate surface area is 251 Å². The van der Waals surface area contributed by atoms with Crippen LogP contribution < -0.4 is 9.47 Å². The molecule has 7 aliphatic rings. The first kappa shape index (κ1) is 26.3. The summed E-state index contributed by atoms with van der Waals surface area (Å²) in [6.07, 6.45) is 3.68. The second-order valence-electron chi connectivity index (χ2n) is 14.3. The van der Waals surface area contributed by atoms with Crippen LogP contribution in [0.5, 0.6) is 23.0 Å². The van der Waals surface area contributed by atoms with Crippen molar-refractivity contribution in [2.75, 3.05) is 27.7 Å². The molecule has 0 amide bonds. The predicted molar refractivity (Wildman–Crippen MR) is 156 cm³/mol. The molecule has 3 heterocycles. The minimum atomic E-state index is -0.684. The van der Waals surface area contributed by atoms with E-state index >= 15 is 0 Å². The van der Waals surface area contributed by atoms with E-state index in [1.165, 1.54) is 11.1 Å². The third kappa shape index (κ3) is 3.38. The minimum absolute atomic E-state index is 0.0617. The summed E-state index contributed by atoms with van der Waals surface area (Å²) >= 11 is 0. The van der Waals surface area contributed by atoms with Gasteiger partial charge in [0, 0.05) is 34.5 Å². The van der Waals surface area contributed by atoms with E-state index in [4.69, 9.17) is 18.9 Å². The fourth-order valence-electron chi connectivity index (χ4n) is 10.7. The van der Waals surface area contributed by atoms with Crippen LogP contribution in [0.1, 0.15) is 60.3 Å². The van der Waals surface area contributed by atoms with Crippen molar-refractivity contribution in [2.45, 2.75) is 92.8 Å². The molecule has 9 nitrogen and oxygen atoms in total. The average Bonchev–Trinajstić information content (AvgIpc) is 3.56. The van der Waals surface area contributed by atoms with Crippen LogP contribution in [0.3, 0.4) is 0 Å². The van der Waals surface area contributed by atoms with E-state index in [1.807, 2.05) is 12.1 Å². The summed E-state index contributed by atoms with van der Waals surface area (Å²) in [5.74, 6) is 2.26. The molecule has 2 aromatic carbocycles. The molecule has 0 radical (unpaired) electrons. The lowest BCUT2D eigenvalue weighted by Crippen LogP contribution is -2.66. The van der Waals surface area contributed by atoms with Gasteiger partial charge in [0.2, 0.25) is 0 Å². The molecule has 43 heavy (non-hydrogen) atoms. The number of likely N-dealkylation sites (N-methyl/N-ethyl adjacent to an activating group) is 2. The molecular formula is C34H40N2O7. The summed E-state index contributed by atoms with van der Waals surface area (Å²) in [4.78, 5) is 18.4. The molecule has 3 aliphatic heterocycles. The Morgan fingerprint density at radius 3 is 2.51 bits per heavy atom. The molecule has 2 bridgehead atoms. The lowest BCUT2D eigenvalue weighted by atomic mass is 9.51. The van der Waals surface area contributed by atoms with Crippen LogP contribution in [-0.4, -0.2) is 90.4 Å². The fourth-order valence-corrected chi connectivity index (χ4v) is 10.7. The van der Waals surface area contributed by atoms with Crippen molar-refractivity contribution in [2.24, 2.45) is 11.8 Å². The summed E-state index contributed by atoms with van der Waals surface area (Å²) in [5.41, 5.74) is 4.42. The van der Waals surface area contributed by atoms with Gasteiger partial charge in [-0.05, 0) is 108 Å². The van der Waals surface area contributed by atoms with Gasteiger partial charge in [-0.1, -0.05) is 12.1 Å². The van der Waals surface area contributed by atoms with Gasteiger partial charge < -0.3 is 39.0 Å². The Morgan fingerprint density at radius 1 is 0.953 bits per heavy atom. The van der Waals surface area contributed by atoms with Gasteiger partial charge in [-0.3, -0.25) is 0 Å². The second kappa shape index (κ2) is 8.94. The molecule has 2 unspecified atom stereocenters. The molecule has 0 aromatic heterocycles. The minimum Gasteiger partial charge on any atom is -0.504 e. The Kier molecular flexibility index (Phi) is 5.46. The summed E-state index contributed by atoms with van der Waals surface area (Å²) in [7, 11) is 6.46. The van der Waals surface area contributed by atoms with E-state index in [2.05, 4.69) is 30.9 Å². The zero-order valence-corrected chi connectivity index (χ0v) is 25.0. The van der Waals surface area contributed by atoms with E-state index < -0.39 is 18.4 Å². The van der Waals surface area contributed by atoms with Gasteiger partial charge in [0.25, 0.3) is 0 Å². The summed E-state index contributed by atoms with van der Waals surface area (Å²) < 4.78 is 25.3. The van der Waals surface area contributed by atoms with Crippen molar-refractivity contribution in [3.8, 4) is 23.0 Å². The van der Waals surface area contributed by atoms with Crippen molar-refractivity contribution in [3.63, 3.8) is 0 Å². The number of phenolic OH excluding ortho intramolecular Hbond substituents is 2. The highest BCUT2D eigenvalue weighted by Crippen LogP contribution is 2.64. The molecule has 3 fully saturated rings. The van der Waals surface area contributed by atoms with Crippen molar-refractivity contribution in [1.29, 1.82) is 0 Å². The normalized spacial score (nSPS) is 39.4. The zero-order valence-electron chi connectivity index (χ0n) is 25.0. The number of phenols is 2. The fraction of sp³-hybridized carbons (Fsp3) is 0.618. The standard InChI is InChI=1S/C34H40N2O7/c1-35(2)20-14-16-4-8-22(37)29-26(16)27-18(20)6-10-24(31(27)42-29)40-33(39)41-25-11-7-19-21-15-17-5-9-23(38)30-28(17)34(19,32(25)43-30)12-13-36(21)3/h4-5,8-9,18-21,24-25,27,31-32,37-38H,6-7,10-15H2,1-3H3/t18-,19-,20+,21?,24-,25-,27?,31-,32-,34-/m0/s1. The number of hydrogen-bond acceptors (Lipinski definition) is 9. The largest absolute Gasteiger partial charge is 0.509 e. The number of ether oxygens (including phenoxy) is 4. The lowest BCUT2D eigenvalue weighted by molar-refractivity contribution is -0.123. The van der Waals surface area contributed by atoms with Crippen LogP contribution >= 0.6 is 0 Å². The van der Waals surface area contributed by atoms with Crippen molar-refractivity contribution in [3.05, 3.63) is 46.5 Å². The number of rotatable bonds is 3. The maximum absolute atomic E-state index is 13.6. The van der Waals surface area contributed by atoms with Crippen LogP contribution in [0.15, 0.2) is 24.3 Å². The number of piperidine rings is 1. The van der Waals surface area contributed by atoms with E-state index in [-0.39, 0.29) is 35.0 Å². The number of carbonyl (C=O) groups is 1. The molecule has 9 heteroatoms. The number of nitrogens with zero attached hydrogens (tertiary/aromatic N) is 2. The molecule has 1 spiro atoms. The third-order valence-corrected chi connectivity index (χ3v) is 12.4. The number of likely N-dealkylation sites (tertiary alicyclic amines) is 1. The highest BCUT2D eigenvalue weighted by atomic mass is 16.7. The van der Waals surface area contributed by atoms with Gasteiger partial charge in [0.1, 0.15) is 24.4 Å². The summed E-state index contributed by atoms with van der Waals surface area (Å²) in [6, 6.07) is 8.30. The molecule has 1 saturated heterocycles. The Balaban J connectivity index is 0.981. The van der Waals surface area contributed by atoms with Crippen molar-refractivity contribution < 1.29 is 34.0 Å². The Morgan fingerprint density at radius 2 is 1.70 bits per heavy atom. The van der Waals surface area contributed by atoms with Gasteiger partial charge in [-0.15, -0.1) is 0 Å². The number of hydrogen-bond donors (Lipinski definition) is 2. The predicted octanol–water partition coefficient (Wildman–Crippen LogP) is 4.10. The monoisotopic (exact) mass is 588 g/mol. The van der Waals surface area contributed by atoms with E-state index in [9.17, 15) is 15.0 Å². The van der Waals surface area contributed by atoms with Gasteiger partial charge in [0.05, 0.1) is 0 Å². The van der Waals surface area contributed by atoms with Gasteiger partial charge in [-0.2, -0.15) is 0 Å². The van der Waals surface area contributed by atoms with Crippen LogP contribution in [-0.2, 0) is 27.7 Å². The lowest BCUT2D eigenvalue weighted by Gasteiger charge is -2.58. The Bertz CT molecular complexity index is 1530. The van der Waals surface area contributed by atoms with Crippen LogP contribution in [0.2, 0.25) is 0 Å². The molecule has 9 rings (SSSR count). The molecule has 2 saturated carbocycles. The van der Waals surface area contributed by atoms with Crippen molar-refractivity contribution in [1.82, 2.24) is 9.80 Å². The topological polar surface area (TPSA) is 101 Å². The number of carbonyl (C=O) groups excluding carboxylic acids is 1. The maximum Gasteiger partial charge on any atom is 0.509 e. The highest BCUT2D eigenvalue weighted by molar-refractivity contribution is 5.64. The first-order valence-electron chi connectivity index (χ1n) is 16.0. The third-order valence-electron chi connectivity index (χ3n) is 12.4. The van der Waals surface area contributed by atoms with Crippen molar-refractivity contribution >= 4 is 6.16 Å². The molecule has 10 atom stereocenters.